The van der Waals surface area contributed by atoms with E-state index in [2.05, 4.69) is 26.4 Å². The van der Waals surface area contributed by atoms with E-state index in [0.29, 0.717) is 16.8 Å². The maximum absolute atomic E-state index is 13.3. The monoisotopic (exact) mass is 303 g/mol. The van der Waals surface area contributed by atoms with Gasteiger partial charge in [0.25, 0.3) is 0 Å². The third-order valence-corrected chi connectivity index (χ3v) is 2.77. The van der Waals surface area contributed by atoms with E-state index in [0.717, 1.165) is 12.1 Å². The predicted molar refractivity (Wildman–Crippen MR) is 60.7 cm³/mol. The summed E-state index contributed by atoms with van der Waals surface area (Å²) in [5.74, 6) is -0.893. The van der Waals surface area contributed by atoms with Crippen LogP contribution in [-0.4, -0.2) is 23.6 Å². The lowest BCUT2D eigenvalue weighted by molar-refractivity contribution is -0.387. The molecular formula is C8H7BrFN5O2. The highest BCUT2D eigenvalue weighted by Gasteiger charge is 2.23. The maximum atomic E-state index is 13.3. The molecule has 0 aliphatic carbocycles. The summed E-state index contributed by atoms with van der Waals surface area (Å²) in [6.07, 6.45) is 0. The first-order valence-corrected chi connectivity index (χ1v) is 5.32. The van der Waals surface area contributed by atoms with Crippen molar-refractivity contribution < 1.29 is 9.31 Å². The highest BCUT2D eigenvalue weighted by molar-refractivity contribution is 9.10. The third kappa shape index (κ3) is 2.18. The molecule has 2 rings (SSSR count). The molecule has 1 heterocycles. The van der Waals surface area contributed by atoms with Crippen LogP contribution in [0.15, 0.2) is 27.1 Å². The van der Waals surface area contributed by atoms with Crippen molar-refractivity contribution in [3.63, 3.8) is 0 Å². The van der Waals surface area contributed by atoms with Crippen LogP contribution < -0.4 is 5.01 Å². The molecule has 0 radical (unpaired) electrons. The van der Waals surface area contributed by atoms with Crippen LogP contribution in [0.5, 0.6) is 0 Å². The van der Waals surface area contributed by atoms with Gasteiger partial charge in [-0.2, -0.15) is 4.39 Å². The molecule has 0 unspecified atom stereocenters. The molecule has 9 heteroatoms. The van der Waals surface area contributed by atoms with Gasteiger partial charge in [-0.25, -0.2) is 5.01 Å². The minimum atomic E-state index is -0.893. The molecule has 0 aromatic heterocycles. The van der Waals surface area contributed by atoms with Gasteiger partial charge in [-0.05, 0) is 27.2 Å². The molecule has 0 saturated carbocycles. The van der Waals surface area contributed by atoms with Crippen molar-refractivity contribution in [1.29, 1.82) is 0 Å². The molecular weight excluding hydrogens is 297 g/mol. The summed E-state index contributed by atoms with van der Waals surface area (Å²) in [6.45, 7) is 0.349. The van der Waals surface area contributed by atoms with Gasteiger partial charge in [0.15, 0.2) is 0 Å². The molecule has 0 fully saturated rings. The fraction of sp³-hybridized carbons (Fsp3) is 0.250. The van der Waals surface area contributed by atoms with E-state index in [1.807, 2.05) is 0 Å². The van der Waals surface area contributed by atoms with Crippen molar-refractivity contribution in [1.82, 2.24) is 5.01 Å². The number of anilines is 1. The highest BCUT2D eigenvalue weighted by Crippen LogP contribution is 2.34. The Bertz CT molecular complexity index is 509. The van der Waals surface area contributed by atoms with E-state index in [1.165, 1.54) is 5.01 Å². The number of nitro groups is 1. The molecule has 1 aromatic carbocycles. The number of nitro benzene ring substituents is 1. The first-order chi connectivity index (χ1) is 7.99. The van der Waals surface area contributed by atoms with Crippen molar-refractivity contribution >= 4 is 27.3 Å². The molecule has 0 amide bonds. The number of hydrogen-bond acceptors (Lipinski definition) is 6. The Hall–Kier alpha value is -1.77. The average Bonchev–Trinajstić information content (AvgIpc) is 2.64. The van der Waals surface area contributed by atoms with Crippen molar-refractivity contribution in [2.75, 3.05) is 18.7 Å². The summed E-state index contributed by atoms with van der Waals surface area (Å²) in [7, 11) is 1.70. The summed E-state index contributed by atoms with van der Waals surface area (Å²) < 4.78 is 13.7. The standard InChI is InChI=1S/C8H7BrFN5O2/c1-13-4-14(12-11-13)7-3-8(15(16)17)6(10)2-5(7)9/h2-3H,4H2,1H3. The SMILES string of the molecule is CN1CN(c2cc([N+](=O)[O-])c(F)cc2Br)N=N1. The Morgan fingerprint density at radius 2 is 2.24 bits per heavy atom. The molecule has 1 aromatic rings. The minimum Gasteiger partial charge on any atom is -0.258 e. The second-order valence-electron chi connectivity index (χ2n) is 3.39. The lowest BCUT2D eigenvalue weighted by Gasteiger charge is -2.14. The summed E-state index contributed by atoms with van der Waals surface area (Å²) >= 11 is 3.14. The Balaban J connectivity index is 2.44. The number of benzene rings is 1. The van der Waals surface area contributed by atoms with E-state index in [1.54, 1.807) is 12.1 Å². The second-order valence-corrected chi connectivity index (χ2v) is 4.24. The zero-order valence-corrected chi connectivity index (χ0v) is 10.3. The van der Waals surface area contributed by atoms with Crippen LogP contribution in [0.4, 0.5) is 15.8 Å². The molecule has 7 nitrogen and oxygen atoms in total. The van der Waals surface area contributed by atoms with Crippen molar-refractivity contribution in [2.24, 2.45) is 10.4 Å². The first-order valence-electron chi connectivity index (χ1n) is 4.52. The van der Waals surface area contributed by atoms with Gasteiger partial charge in [-0.3, -0.25) is 15.1 Å². The maximum Gasteiger partial charge on any atom is 0.307 e. The number of hydrogen-bond donors (Lipinski definition) is 0. The molecule has 0 N–H and O–H groups in total. The molecule has 1 aliphatic rings. The van der Waals surface area contributed by atoms with E-state index < -0.39 is 16.4 Å². The van der Waals surface area contributed by atoms with Crippen molar-refractivity contribution in [3.8, 4) is 0 Å². The normalized spacial score (nSPS) is 14.5. The Morgan fingerprint density at radius 1 is 1.53 bits per heavy atom. The van der Waals surface area contributed by atoms with Gasteiger partial charge in [-0.1, -0.05) is 5.22 Å². The van der Waals surface area contributed by atoms with Gasteiger partial charge < -0.3 is 0 Å². The smallest absolute Gasteiger partial charge is 0.258 e. The fourth-order valence-corrected chi connectivity index (χ4v) is 1.88. The minimum absolute atomic E-state index is 0.349. The first kappa shape index (κ1) is 11.7. The average molecular weight is 304 g/mol. The van der Waals surface area contributed by atoms with E-state index in [9.17, 15) is 14.5 Å². The summed E-state index contributed by atoms with van der Waals surface area (Å²) in [5.41, 5.74) is -0.195. The highest BCUT2D eigenvalue weighted by atomic mass is 79.9. The largest absolute Gasteiger partial charge is 0.307 e. The lowest BCUT2D eigenvalue weighted by atomic mass is 10.2. The Morgan fingerprint density at radius 3 is 2.76 bits per heavy atom. The number of rotatable bonds is 2. The van der Waals surface area contributed by atoms with Gasteiger partial charge in [-0.15, -0.1) is 0 Å². The molecule has 0 bridgehead atoms. The zero-order chi connectivity index (χ0) is 12.6. The lowest BCUT2D eigenvalue weighted by Crippen LogP contribution is -2.22. The summed E-state index contributed by atoms with van der Waals surface area (Å²) in [4.78, 5) is 9.86. The molecule has 1 aliphatic heterocycles. The zero-order valence-electron chi connectivity index (χ0n) is 8.67. The van der Waals surface area contributed by atoms with Gasteiger partial charge in [0.05, 0.1) is 10.6 Å². The van der Waals surface area contributed by atoms with Crippen LogP contribution in [0, 0.1) is 15.9 Å². The molecule has 0 atom stereocenters. The van der Waals surface area contributed by atoms with Crippen LogP contribution in [0.25, 0.3) is 0 Å². The molecule has 90 valence electrons. The van der Waals surface area contributed by atoms with E-state index in [-0.39, 0.29) is 0 Å². The molecule has 0 saturated heterocycles. The number of halogens is 2. The second kappa shape index (κ2) is 4.24. The number of nitrogens with zero attached hydrogens (tertiary/aromatic N) is 5. The van der Waals surface area contributed by atoms with Gasteiger partial charge >= 0.3 is 5.69 Å². The topological polar surface area (TPSA) is 74.3 Å². The van der Waals surface area contributed by atoms with Crippen LogP contribution in [-0.2, 0) is 0 Å². The quantitative estimate of drug-likeness (QED) is 0.621. The van der Waals surface area contributed by atoms with Crippen LogP contribution >= 0.6 is 15.9 Å². The van der Waals surface area contributed by atoms with Crippen LogP contribution in [0.2, 0.25) is 0 Å². The summed E-state index contributed by atoms with van der Waals surface area (Å²) in [5, 5.41) is 21.1. The Kier molecular flexibility index (Phi) is 2.92. The molecule has 0 spiro atoms. The van der Waals surface area contributed by atoms with E-state index in [4.69, 9.17) is 0 Å². The van der Waals surface area contributed by atoms with Gasteiger partial charge in [0, 0.05) is 17.6 Å². The fourth-order valence-electron chi connectivity index (χ4n) is 1.36. The van der Waals surface area contributed by atoms with Crippen LogP contribution in [0.1, 0.15) is 0 Å². The van der Waals surface area contributed by atoms with Gasteiger partial charge in [0.2, 0.25) is 5.82 Å². The van der Waals surface area contributed by atoms with Crippen molar-refractivity contribution in [2.45, 2.75) is 0 Å². The predicted octanol–water partition coefficient (Wildman–Crippen LogP) is 2.49. The van der Waals surface area contributed by atoms with Crippen LogP contribution in [0.3, 0.4) is 0 Å². The van der Waals surface area contributed by atoms with Gasteiger partial charge in [0.1, 0.15) is 6.67 Å². The third-order valence-electron chi connectivity index (χ3n) is 2.13. The Labute approximate surface area is 104 Å². The molecule has 17 heavy (non-hydrogen) atoms. The van der Waals surface area contributed by atoms with Crippen molar-refractivity contribution in [3.05, 3.63) is 32.5 Å². The summed E-state index contributed by atoms with van der Waals surface area (Å²) in [6, 6.07) is 2.17. The van der Waals surface area contributed by atoms with E-state index >= 15 is 0 Å².